The molecule has 0 spiro atoms. The van der Waals surface area contributed by atoms with Gasteiger partial charge in [0, 0.05) is 36.8 Å². The Morgan fingerprint density at radius 3 is 2.85 bits per heavy atom. The molecular weight excluding hydrogens is 326 g/mol. The number of likely N-dealkylation sites (tertiary alicyclic amines) is 1. The molecule has 0 aliphatic carbocycles. The van der Waals surface area contributed by atoms with Gasteiger partial charge in [0.15, 0.2) is 0 Å². The van der Waals surface area contributed by atoms with Gasteiger partial charge in [0.2, 0.25) is 5.91 Å². The van der Waals surface area contributed by atoms with Crippen molar-refractivity contribution in [1.82, 2.24) is 9.47 Å². The van der Waals surface area contributed by atoms with Crippen LogP contribution in [0.5, 0.6) is 5.75 Å². The number of para-hydroxylation sites is 1. The van der Waals surface area contributed by atoms with Gasteiger partial charge >= 0.3 is 0 Å². The highest BCUT2D eigenvalue weighted by molar-refractivity contribution is 5.83. The number of ether oxygens (including phenoxy) is 1. The third kappa shape index (κ3) is 3.06. The van der Waals surface area contributed by atoms with E-state index in [0.717, 1.165) is 22.2 Å². The van der Waals surface area contributed by atoms with Crippen LogP contribution >= 0.6 is 0 Å². The molecule has 1 aromatic heterocycles. The monoisotopic (exact) mass is 349 g/mol. The third-order valence-corrected chi connectivity index (χ3v) is 5.23. The lowest BCUT2D eigenvalue weighted by molar-refractivity contribution is -0.130. The second-order valence-corrected chi connectivity index (χ2v) is 6.85. The smallest absolute Gasteiger partial charge is 0.242 e. The largest absolute Gasteiger partial charge is 0.497 e. The number of hydrogen-bond acceptors (Lipinski definition) is 3. The number of carbonyl (C=O) groups is 1. The summed E-state index contributed by atoms with van der Waals surface area (Å²) >= 11 is 0. The molecular formula is C21H23N3O2. The van der Waals surface area contributed by atoms with Gasteiger partial charge in [-0.05, 0) is 35.2 Å². The molecule has 5 nitrogen and oxygen atoms in total. The molecule has 3 aromatic rings. The summed E-state index contributed by atoms with van der Waals surface area (Å²) in [5.41, 5.74) is 8.55. The van der Waals surface area contributed by atoms with E-state index in [1.54, 1.807) is 7.11 Å². The Bertz CT molecular complexity index is 934. The van der Waals surface area contributed by atoms with E-state index in [4.69, 9.17) is 10.5 Å². The van der Waals surface area contributed by atoms with Crippen molar-refractivity contribution in [1.29, 1.82) is 0 Å². The Hall–Kier alpha value is -2.79. The number of rotatable bonds is 4. The lowest BCUT2D eigenvalue weighted by atomic mass is 9.95. The first-order valence-corrected chi connectivity index (χ1v) is 8.87. The van der Waals surface area contributed by atoms with Crippen LogP contribution in [0.2, 0.25) is 0 Å². The van der Waals surface area contributed by atoms with Gasteiger partial charge < -0.3 is 19.9 Å². The summed E-state index contributed by atoms with van der Waals surface area (Å²) in [4.78, 5) is 14.7. The van der Waals surface area contributed by atoms with Crippen LogP contribution in [0.25, 0.3) is 10.9 Å². The first-order valence-electron chi connectivity index (χ1n) is 8.87. The molecule has 2 N–H and O–H groups in total. The molecule has 2 atom stereocenters. The van der Waals surface area contributed by atoms with Crippen molar-refractivity contribution < 1.29 is 9.53 Å². The van der Waals surface area contributed by atoms with Crippen molar-refractivity contribution in [3.8, 4) is 5.75 Å². The van der Waals surface area contributed by atoms with E-state index < -0.39 is 0 Å². The molecule has 0 radical (unpaired) electrons. The maximum absolute atomic E-state index is 12.8. The van der Waals surface area contributed by atoms with Gasteiger partial charge in [-0.1, -0.05) is 30.3 Å². The molecule has 0 bridgehead atoms. The zero-order valence-electron chi connectivity index (χ0n) is 14.8. The maximum atomic E-state index is 12.8. The van der Waals surface area contributed by atoms with Gasteiger partial charge in [-0.25, -0.2) is 0 Å². The molecule has 1 saturated heterocycles. The van der Waals surface area contributed by atoms with Crippen molar-refractivity contribution in [3.05, 3.63) is 66.4 Å². The van der Waals surface area contributed by atoms with Crippen LogP contribution < -0.4 is 10.5 Å². The Balaban J connectivity index is 1.49. The van der Waals surface area contributed by atoms with Gasteiger partial charge in [-0.15, -0.1) is 0 Å². The normalized spacial score (nSPS) is 19.8. The van der Waals surface area contributed by atoms with Gasteiger partial charge in [0.1, 0.15) is 12.3 Å². The van der Waals surface area contributed by atoms with E-state index >= 15 is 0 Å². The maximum Gasteiger partial charge on any atom is 0.242 e. The fourth-order valence-corrected chi connectivity index (χ4v) is 3.78. The molecule has 1 aliphatic rings. The highest BCUT2D eigenvalue weighted by Gasteiger charge is 2.34. The molecule has 2 aromatic carbocycles. The lowest BCUT2D eigenvalue weighted by Gasteiger charge is -2.17. The van der Waals surface area contributed by atoms with Gasteiger partial charge in [-0.3, -0.25) is 4.79 Å². The molecule has 0 saturated carbocycles. The van der Waals surface area contributed by atoms with Crippen LogP contribution in [0.4, 0.5) is 0 Å². The Morgan fingerprint density at radius 1 is 1.15 bits per heavy atom. The van der Waals surface area contributed by atoms with Crippen LogP contribution in [0.1, 0.15) is 11.5 Å². The van der Waals surface area contributed by atoms with E-state index in [-0.39, 0.29) is 17.9 Å². The third-order valence-electron chi connectivity index (χ3n) is 5.23. The summed E-state index contributed by atoms with van der Waals surface area (Å²) in [5, 5.41) is 1.15. The SMILES string of the molecule is COc1cccc(C2CN(C(=O)Cn3ccc4ccccc43)CC2N)c1. The first kappa shape index (κ1) is 16.7. The molecule has 26 heavy (non-hydrogen) atoms. The predicted molar refractivity (Wildman–Crippen MR) is 102 cm³/mol. The van der Waals surface area contributed by atoms with E-state index in [1.807, 2.05) is 58.1 Å². The summed E-state index contributed by atoms with van der Waals surface area (Å²) in [6.07, 6.45) is 1.97. The highest BCUT2D eigenvalue weighted by Crippen LogP contribution is 2.29. The number of benzene rings is 2. The Morgan fingerprint density at radius 2 is 2.00 bits per heavy atom. The lowest BCUT2D eigenvalue weighted by Crippen LogP contribution is -2.34. The van der Waals surface area contributed by atoms with Crippen LogP contribution in [0.15, 0.2) is 60.8 Å². The number of fused-ring (bicyclic) bond motifs is 1. The zero-order valence-corrected chi connectivity index (χ0v) is 14.8. The summed E-state index contributed by atoms with van der Waals surface area (Å²) in [5.74, 6) is 1.06. The van der Waals surface area contributed by atoms with Gasteiger partial charge in [0.25, 0.3) is 0 Å². The molecule has 2 unspecified atom stereocenters. The number of methoxy groups -OCH3 is 1. The zero-order chi connectivity index (χ0) is 18.1. The van der Waals surface area contributed by atoms with Crippen molar-refractivity contribution in [2.24, 2.45) is 5.73 Å². The summed E-state index contributed by atoms with van der Waals surface area (Å²) < 4.78 is 7.31. The van der Waals surface area contributed by atoms with Crippen molar-refractivity contribution >= 4 is 16.8 Å². The van der Waals surface area contributed by atoms with E-state index in [0.29, 0.717) is 19.6 Å². The average Bonchev–Trinajstić information content (AvgIpc) is 3.26. The highest BCUT2D eigenvalue weighted by atomic mass is 16.5. The van der Waals surface area contributed by atoms with Crippen molar-refractivity contribution in [2.75, 3.05) is 20.2 Å². The van der Waals surface area contributed by atoms with E-state index in [2.05, 4.69) is 12.1 Å². The molecule has 1 aliphatic heterocycles. The summed E-state index contributed by atoms with van der Waals surface area (Å²) in [6.45, 7) is 1.57. The fraction of sp³-hybridized carbons (Fsp3) is 0.286. The molecule has 5 heteroatoms. The van der Waals surface area contributed by atoms with Crippen LogP contribution in [0, 0.1) is 0 Å². The minimum atomic E-state index is -0.0625. The number of aromatic nitrogens is 1. The Labute approximate surface area is 153 Å². The van der Waals surface area contributed by atoms with Crippen molar-refractivity contribution in [2.45, 2.75) is 18.5 Å². The number of amides is 1. The molecule has 134 valence electrons. The molecule has 1 amide bonds. The number of hydrogen-bond donors (Lipinski definition) is 1. The van der Waals surface area contributed by atoms with Crippen molar-refractivity contribution in [3.63, 3.8) is 0 Å². The second-order valence-electron chi connectivity index (χ2n) is 6.85. The summed E-state index contributed by atoms with van der Waals surface area (Å²) in [7, 11) is 1.66. The minimum absolute atomic E-state index is 0.0625. The topological polar surface area (TPSA) is 60.5 Å². The molecule has 4 rings (SSSR count). The Kier molecular flexibility index (Phi) is 4.39. The molecule has 2 heterocycles. The molecule has 1 fully saturated rings. The number of nitrogens with two attached hydrogens (primary N) is 1. The fourth-order valence-electron chi connectivity index (χ4n) is 3.78. The average molecular weight is 349 g/mol. The van der Waals surface area contributed by atoms with Gasteiger partial charge in [0.05, 0.1) is 7.11 Å². The van der Waals surface area contributed by atoms with E-state index in [1.165, 1.54) is 0 Å². The minimum Gasteiger partial charge on any atom is -0.497 e. The second kappa shape index (κ2) is 6.84. The quantitative estimate of drug-likeness (QED) is 0.788. The van der Waals surface area contributed by atoms with Crippen LogP contribution in [0.3, 0.4) is 0 Å². The first-order chi connectivity index (χ1) is 12.7. The van der Waals surface area contributed by atoms with Crippen LogP contribution in [-0.4, -0.2) is 41.6 Å². The predicted octanol–water partition coefficient (Wildman–Crippen LogP) is 2.60. The van der Waals surface area contributed by atoms with Crippen LogP contribution in [-0.2, 0) is 11.3 Å². The van der Waals surface area contributed by atoms with E-state index in [9.17, 15) is 4.79 Å². The number of carbonyl (C=O) groups excluding carboxylic acids is 1. The number of nitrogens with zero attached hydrogens (tertiary/aromatic N) is 2. The standard InChI is InChI=1S/C21H23N3O2/c1-26-17-7-4-6-16(11-17)18-12-24(13-19(18)22)21(25)14-23-10-9-15-5-2-3-8-20(15)23/h2-11,18-19H,12-14,22H2,1H3. The van der Waals surface area contributed by atoms with Gasteiger partial charge in [-0.2, -0.15) is 0 Å². The summed E-state index contributed by atoms with van der Waals surface area (Å²) in [6, 6.07) is 18.0.